The van der Waals surface area contributed by atoms with Crippen molar-refractivity contribution >= 4 is 42.8 Å². The largest absolute Gasteiger partial charge is 0.507 e. The highest BCUT2D eigenvalue weighted by Gasteiger charge is 2.36. The van der Waals surface area contributed by atoms with Crippen LogP contribution in [0.3, 0.4) is 0 Å². The Labute approximate surface area is 368 Å². The summed E-state index contributed by atoms with van der Waals surface area (Å²) in [6, 6.07) is 14.3. The molecule has 18 heteroatoms. The third-order valence-electron chi connectivity index (χ3n) is 10.8. The minimum atomic E-state index is -1.53. The van der Waals surface area contributed by atoms with Gasteiger partial charge in [-0.2, -0.15) is 5.26 Å². The Morgan fingerprint density at radius 1 is 0.968 bits per heavy atom. The number of phenolic OH excluding ortho intramolecular Hbond substituents is 1. The molecule has 17 nitrogen and oxygen atoms in total. The fourth-order valence-corrected chi connectivity index (χ4v) is 8.54. The molecular weight excluding hydrogens is 821 g/mol. The van der Waals surface area contributed by atoms with Gasteiger partial charge in [-0.3, -0.25) is 24.0 Å². The number of nitrogens with one attached hydrogen (secondary N) is 4. The number of nitrogens with two attached hydrogens (primary N) is 2. The fourth-order valence-electron chi connectivity index (χ4n) is 7.37. The molecular formula is C45H56N10O7Si. The van der Waals surface area contributed by atoms with Crippen molar-refractivity contribution in [2.75, 3.05) is 33.3 Å². The van der Waals surface area contributed by atoms with E-state index in [1.165, 1.54) is 25.2 Å². The molecule has 4 aromatic rings. The van der Waals surface area contributed by atoms with Crippen molar-refractivity contribution in [1.82, 2.24) is 36.1 Å². The van der Waals surface area contributed by atoms with Crippen LogP contribution in [0, 0.1) is 25.2 Å². The number of ether oxygens (including phenoxy) is 1. The number of rotatable bonds is 13. The summed E-state index contributed by atoms with van der Waals surface area (Å²) in [5.41, 5.74) is 15.0. The average molecular weight is 877 g/mol. The van der Waals surface area contributed by atoms with Crippen molar-refractivity contribution < 1.29 is 33.8 Å². The summed E-state index contributed by atoms with van der Waals surface area (Å²) in [6.45, 7) is 11.6. The summed E-state index contributed by atoms with van der Waals surface area (Å²) in [7, 11) is -0.141. The normalized spacial score (nSPS) is 16.9. The van der Waals surface area contributed by atoms with Crippen LogP contribution in [0.5, 0.6) is 11.5 Å². The zero-order valence-electron chi connectivity index (χ0n) is 36.7. The Morgan fingerprint density at radius 3 is 2.27 bits per heavy atom. The molecule has 0 aliphatic carbocycles. The summed E-state index contributed by atoms with van der Waals surface area (Å²) >= 11 is 0. The van der Waals surface area contributed by atoms with Crippen LogP contribution in [0.15, 0.2) is 60.7 Å². The van der Waals surface area contributed by atoms with Crippen molar-refractivity contribution in [2.45, 2.75) is 77.4 Å². The fraction of sp³-hybridized carbons (Fsp3) is 0.378. The van der Waals surface area contributed by atoms with Crippen LogP contribution < -0.4 is 42.7 Å². The van der Waals surface area contributed by atoms with E-state index >= 15 is 0 Å². The van der Waals surface area contributed by atoms with E-state index in [0.717, 1.165) is 10.5 Å². The molecule has 0 saturated carbocycles. The zero-order valence-corrected chi connectivity index (χ0v) is 37.7. The number of phenols is 1. The van der Waals surface area contributed by atoms with Crippen molar-refractivity contribution in [2.24, 2.45) is 11.5 Å². The van der Waals surface area contributed by atoms with Crippen LogP contribution in [-0.4, -0.2) is 109 Å². The van der Waals surface area contributed by atoms with Crippen molar-refractivity contribution in [3.63, 3.8) is 0 Å². The van der Waals surface area contributed by atoms with Crippen molar-refractivity contribution in [3.8, 4) is 40.1 Å². The highest BCUT2D eigenvalue weighted by atomic mass is 28.3. The number of hydrogen-bond donors (Lipinski definition) is 7. The standard InChI is InChI=1S/C45H56N10O7Si/c1-25-38(26(2)51-40(50-25)29-9-12-31(13-10-29)63(5,6)7)43(59)53-34(16-17-46)45(61)55(4)39-30-11-15-37(62-21-19-48)33(24-30)32-22-28(8-14-36(32)56)23-35(42(58)49-20-18-47)54-41(57)27(3)52-44(39)60/h8-15,22,24,27,34-35,39,56H,16-17,19-21,23,46,48H2,1-7H3,(H,49,58)(H,52,60)(H,53,59)(H,54,57)/t27-,34-,35-,39-/m0/s1. The van der Waals surface area contributed by atoms with Gasteiger partial charge in [0.25, 0.3) is 5.91 Å². The van der Waals surface area contributed by atoms with E-state index in [1.54, 1.807) is 44.2 Å². The third kappa shape index (κ3) is 11.2. The van der Waals surface area contributed by atoms with Crippen LogP contribution in [0.2, 0.25) is 19.6 Å². The zero-order chi connectivity index (χ0) is 46.2. The Morgan fingerprint density at radius 2 is 1.65 bits per heavy atom. The summed E-state index contributed by atoms with van der Waals surface area (Å²) in [6.07, 6.45) is -0.0404. The second kappa shape index (κ2) is 20.5. The number of carbonyl (C=O) groups excluding carboxylic acids is 5. The summed E-state index contributed by atoms with van der Waals surface area (Å²) in [4.78, 5) is 80.4. The smallest absolute Gasteiger partial charge is 0.255 e. The van der Waals surface area contributed by atoms with Gasteiger partial charge in [0, 0.05) is 36.7 Å². The number of fused-ring (bicyclic) bond motifs is 5. The minimum absolute atomic E-state index is 0.00439. The first-order valence-electron chi connectivity index (χ1n) is 20.7. The van der Waals surface area contributed by atoms with Crippen LogP contribution in [0.1, 0.15) is 52.3 Å². The van der Waals surface area contributed by atoms with Crippen molar-refractivity contribution in [1.29, 1.82) is 5.26 Å². The molecule has 0 radical (unpaired) electrons. The molecule has 4 atom stereocenters. The third-order valence-corrected chi connectivity index (χ3v) is 12.8. The minimum Gasteiger partial charge on any atom is -0.507 e. The second-order valence-corrected chi connectivity index (χ2v) is 21.6. The Balaban J connectivity index is 1.53. The highest BCUT2D eigenvalue weighted by molar-refractivity contribution is 6.88. The number of aromatic hydroxyl groups is 1. The molecule has 3 aromatic carbocycles. The van der Waals surface area contributed by atoms with Gasteiger partial charge in [0.1, 0.15) is 48.8 Å². The molecule has 1 aromatic heterocycles. The number of amides is 5. The predicted molar refractivity (Wildman–Crippen MR) is 240 cm³/mol. The Kier molecular flexibility index (Phi) is 15.4. The van der Waals surface area contributed by atoms with Gasteiger partial charge in [-0.25, -0.2) is 9.97 Å². The van der Waals surface area contributed by atoms with Gasteiger partial charge in [-0.15, -0.1) is 0 Å². The quantitative estimate of drug-likeness (QED) is 0.0750. The summed E-state index contributed by atoms with van der Waals surface area (Å²) < 4.78 is 5.98. The molecule has 5 amide bonds. The van der Waals surface area contributed by atoms with E-state index in [2.05, 4.69) is 63.0 Å². The van der Waals surface area contributed by atoms with Crippen LogP contribution >= 0.6 is 0 Å². The second-order valence-electron chi connectivity index (χ2n) is 16.5. The Hall–Kier alpha value is -6.68. The molecule has 4 bridgehead atoms. The predicted octanol–water partition coefficient (Wildman–Crippen LogP) is 1.85. The number of nitrogens with zero attached hydrogens (tertiary/aromatic N) is 4. The van der Waals surface area contributed by atoms with Gasteiger partial charge in [-0.05, 0) is 69.1 Å². The van der Waals surface area contributed by atoms with E-state index in [0.29, 0.717) is 34.1 Å². The number of nitriles is 1. The monoisotopic (exact) mass is 876 g/mol. The molecule has 1 aliphatic rings. The van der Waals surface area contributed by atoms with Gasteiger partial charge in [-0.1, -0.05) is 61.2 Å². The van der Waals surface area contributed by atoms with E-state index in [1.807, 2.05) is 18.2 Å². The average Bonchev–Trinajstić information content (AvgIpc) is 3.24. The number of carbonyl (C=O) groups is 5. The van der Waals surface area contributed by atoms with Gasteiger partial charge in [0.15, 0.2) is 5.82 Å². The SMILES string of the molecule is Cc1nc(-c2ccc([Si](C)(C)C)cc2)nc(C)c1C(=O)N[C@@H](CCN)C(=O)N(C)[C@@H]1C(=O)N[C@@H](C)C(=O)N[C@H](C(=O)NCC#N)Cc2ccc(O)c(c2)-c2cc1ccc2OCCN. The van der Waals surface area contributed by atoms with Gasteiger partial charge in [0.2, 0.25) is 23.6 Å². The summed E-state index contributed by atoms with van der Waals surface area (Å²) in [5.74, 6) is -2.83. The molecule has 0 fully saturated rings. The van der Waals surface area contributed by atoms with Gasteiger partial charge in [0.05, 0.1) is 31.1 Å². The maximum Gasteiger partial charge on any atom is 0.255 e. The lowest BCUT2D eigenvalue weighted by molar-refractivity contribution is -0.141. The molecule has 63 heavy (non-hydrogen) atoms. The summed E-state index contributed by atoms with van der Waals surface area (Å²) in [5, 5.41) is 32.2. The number of aryl methyl sites for hydroxylation is 2. The maximum atomic E-state index is 14.6. The lowest BCUT2D eigenvalue weighted by atomic mass is 9.93. The number of aromatic nitrogens is 2. The highest BCUT2D eigenvalue weighted by Crippen LogP contribution is 2.39. The molecule has 0 saturated heterocycles. The number of likely N-dealkylation sites (N-methyl/N-ethyl adjacent to an activating group) is 1. The molecule has 5 rings (SSSR count). The molecule has 1 aliphatic heterocycles. The molecule has 0 spiro atoms. The van der Waals surface area contributed by atoms with Crippen LogP contribution in [0.25, 0.3) is 22.5 Å². The lowest BCUT2D eigenvalue weighted by Crippen LogP contribution is -2.56. The van der Waals surface area contributed by atoms with Gasteiger partial charge >= 0.3 is 0 Å². The number of benzene rings is 3. The van der Waals surface area contributed by atoms with Crippen LogP contribution in [-0.2, 0) is 25.6 Å². The van der Waals surface area contributed by atoms with E-state index in [-0.39, 0.29) is 61.5 Å². The first-order chi connectivity index (χ1) is 29.9. The lowest BCUT2D eigenvalue weighted by Gasteiger charge is -2.32. The van der Waals surface area contributed by atoms with E-state index < -0.39 is 61.8 Å². The van der Waals surface area contributed by atoms with Crippen molar-refractivity contribution in [3.05, 3.63) is 88.7 Å². The van der Waals surface area contributed by atoms with Crippen LogP contribution in [0.4, 0.5) is 0 Å². The first-order valence-corrected chi connectivity index (χ1v) is 24.2. The molecule has 332 valence electrons. The van der Waals surface area contributed by atoms with E-state index in [9.17, 15) is 29.1 Å². The molecule has 9 N–H and O–H groups in total. The van der Waals surface area contributed by atoms with Gasteiger partial charge < -0.3 is 47.5 Å². The van der Waals surface area contributed by atoms with E-state index in [4.69, 9.17) is 21.5 Å². The topological polar surface area (TPSA) is 268 Å². The first kappa shape index (κ1) is 47.4. The maximum absolute atomic E-state index is 14.6. The Bertz CT molecular complexity index is 2390. The molecule has 2 heterocycles. The number of hydrogen-bond acceptors (Lipinski definition) is 12. The molecule has 0 unspecified atom stereocenters.